The van der Waals surface area contributed by atoms with Gasteiger partial charge in [0.2, 0.25) is 5.92 Å². The van der Waals surface area contributed by atoms with Gasteiger partial charge in [0.1, 0.15) is 5.82 Å². The van der Waals surface area contributed by atoms with Gasteiger partial charge in [-0.05, 0) is 12.1 Å². The van der Waals surface area contributed by atoms with Crippen molar-refractivity contribution in [1.82, 2.24) is 9.97 Å². The Morgan fingerprint density at radius 3 is 2.87 bits per heavy atom. The molecule has 1 aromatic carbocycles. The smallest absolute Gasteiger partial charge is 0.328 e. The molecule has 5 nitrogen and oxygen atoms in total. The molecule has 0 spiro atoms. The zero-order chi connectivity index (χ0) is 10.8. The second-order valence-electron chi connectivity index (χ2n) is 3.04. The van der Waals surface area contributed by atoms with Crippen molar-refractivity contribution in [2.75, 3.05) is 0 Å². The van der Waals surface area contributed by atoms with Crippen molar-refractivity contribution in [2.24, 2.45) is 0 Å². The summed E-state index contributed by atoms with van der Waals surface area (Å²) < 4.78 is 0. The lowest BCUT2D eigenvalue weighted by Gasteiger charge is -1.96. The summed E-state index contributed by atoms with van der Waals surface area (Å²) in [5, 5.41) is 17.5. The van der Waals surface area contributed by atoms with Gasteiger partial charge >= 0.3 is 5.97 Å². The predicted octanol–water partition coefficient (Wildman–Crippen LogP) is 1.25. The van der Waals surface area contributed by atoms with E-state index in [0.717, 1.165) is 5.52 Å². The summed E-state index contributed by atoms with van der Waals surface area (Å²) >= 11 is 0. The average molecular weight is 201 g/mol. The third-order valence-electron chi connectivity index (χ3n) is 2.06. The summed E-state index contributed by atoms with van der Waals surface area (Å²) in [6, 6.07) is 8.83. The van der Waals surface area contributed by atoms with E-state index in [0.29, 0.717) is 5.52 Å². The quantitative estimate of drug-likeness (QED) is 0.765. The summed E-state index contributed by atoms with van der Waals surface area (Å²) in [6.07, 6.45) is 0. The van der Waals surface area contributed by atoms with Gasteiger partial charge in [0.05, 0.1) is 17.1 Å². The highest BCUT2D eigenvalue weighted by molar-refractivity contribution is 5.81. The van der Waals surface area contributed by atoms with E-state index in [4.69, 9.17) is 10.4 Å². The van der Waals surface area contributed by atoms with Crippen LogP contribution in [0.15, 0.2) is 24.3 Å². The number of carbonyl (C=O) groups is 1. The van der Waals surface area contributed by atoms with Crippen molar-refractivity contribution in [2.45, 2.75) is 5.92 Å². The van der Waals surface area contributed by atoms with Gasteiger partial charge in [-0.2, -0.15) is 5.26 Å². The van der Waals surface area contributed by atoms with Crippen LogP contribution in [0.2, 0.25) is 0 Å². The Morgan fingerprint density at radius 1 is 1.53 bits per heavy atom. The molecular weight excluding hydrogens is 194 g/mol. The molecule has 1 atom stereocenters. The summed E-state index contributed by atoms with van der Waals surface area (Å²) in [5.74, 6) is -2.26. The molecule has 0 fully saturated rings. The number of nitriles is 1. The van der Waals surface area contributed by atoms with Crippen molar-refractivity contribution in [3.63, 3.8) is 0 Å². The van der Waals surface area contributed by atoms with Gasteiger partial charge in [-0.1, -0.05) is 12.1 Å². The van der Waals surface area contributed by atoms with Crippen molar-refractivity contribution in [1.29, 1.82) is 5.26 Å². The topological polar surface area (TPSA) is 89.8 Å². The fourth-order valence-electron chi connectivity index (χ4n) is 1.34. The molecule has 0 aliphatic rings. The normalized spacial score (nSPS) is 12.2. The number of para-hydroxylation sites is 2. The van der Waals surface area contributed by atoms with Crippen molar-refractivity contribution in [3.05, 3.63) is 30.1 Å². The number of carboxylic acids is 1. The Morgan fingerprint density at radius 2 is 2.27 bits per heavy atom. The number of hydrogen-bond acceptors (Lipinski definition) is 3. The zero-order valence-corrected chi connectivity index (χ0v) is 7.64. The minimum absolute atomic E-state index is 0.172. The van der Waals surface area contributed by atoms with Crippen LogP contribution in [-0.2, 0) is 4.79 Å². The average Bonchev–Trinajstić information content (AvgIpc) is 2.61. The molecular formula is C10H7N3O2. The summed E-state index contributed by atoms with van der Waals surface area (Å²) in [5.41, 5.74) is 1.39. The number of fused-ring (bicyclic) bond motifs is 1. The lowest BCUT2D eigenvalue weighted by Crippen LogP contribution is -2.10. The van der Waals surface area contributed by atoms with Gasteiger partial charge in [0.25, 0.3) is 0 Å². The second kappa shape index (κ2) is 3.42. The van der Waals surface area contributed by atoms with Crippen LogP contribution in [0.25, 0.3) is 11.0 Å². The maximum Gasteiger partial charge on any atom is 0.328 e. The maximum atomic E-state index is 10.7. The number of aliphatic carboxylic acids is 1. The van der Waals surface area contributed by atoms with E-state index < -0.39 is 11.9 Å². The number of aromatic amines is 1. The number of imidazole rings is 1. The molecule has 74 valence electrons. The molecule has 0 amide bonds. The third kappa shape index (κ3) is 1.53. The Balaban J connectivity index is 2.53. The standard InChI is InChI=1S/C10H7N3O2/c11-5-6(10(14)15)9-12-7-3-1-2-4-8(7)13-9/h1-4,6H,(H,12,13)(H,14,15). The minimum atomic E-state index is -1.24. The molecule has 1 unspecified atom stereocenters. The van der Waals surface area contributed by atoms with E-state index in [1.807, 2.05) is 6.07 Å². The van der Waals surface area contributed by atoms with Gasteiger partial charge < -0.3 is 10.1 Å². The molecule has 0 saturated heterocycles. The number of nitrogens with zero attached hydrogens (tertiary/aromatic N) is 2. The second-order valence-corrected chi connectivity index (χ2v) is 3.04. The molecule has 2 aromatic rings. The first kappa shape index (κ1) is 9.21. The maximum absolute atomic E-state index is 10.7. The molecule has 0 saturated carbocycles. The van der Waals surface area contributed by atoms with Crippen LogP contribution >= 0.6 is 0 Å². The Hall–Kier alpha value is -2.35. The Labute approximate surface area is 85.0 Å². The van der Waals surface area contributed by atoms with Gasteiger partial charge in [0, 0.05) is 0 Å². The molecule has 0 aliphatic heterocycles. The Kier molecular flexibility index (Phi) is 2.10. The van der Waals surface area contributed by atoms with Gasteiger partial charge in [-0.25, -0.2) is 4.98 Å². The first-order valence-electron chi connectivity index (χ1n) is 4.29. The third-order valence-corrected chi connectivity index (χ3v) is 2.06. The van der Waals surface area contributed by atoms with Crippen LogP contribution in [-0.4, -0.2) is 21.0 Å². The molecule has 0 bridgehead atoms. The highest BCUT2D eigenvalue weighted by Crippen LogP contribution is 2.16. The fraction of sp³-hybridized carbons (Fsp3) is 0.100. The van der Waals surface area contributed by atoms with Crippen LogP contribution in [0.3, 0.4) is 0 Å². The lowest BCUT2D eigenvalue weighted by molar-refractivity contribution is -0.137. The molecule has 15 heavy (non-hydrogen) atoms. The number of benzene rings is 1. The number of nitrogens with one attached hydrogen (secondary N) is 1. The number of rotatable bonds is 2. The number of aromatic nitrogens is 2. The van der Waals surface area contributed by atoms with Gasteiger partial charge in [-0.3, -0.25) is 4.79 Å². The van der Waals surface area contributed by atoms with E-state index >= 15 is 0 Å². The van der Waals surface area contributed by atoms with Crippen LogP contribution in [0.4, 0.5) is 0 Å². The van der Waals surface area contributed by atoms with Crippen molar-refractivity contribution >= 4 is 17.0 Å². The molecule has 0 radical (unpaired) electrons. The number of hydrogen-bond donors (Lipinski definition) is 2. The molecule has 2 rings (SSSR count). The molecule has 2 N–H and O–H groups in total. The number of H-pyrrole nitrogens is 1. The molecule has 1 heterocycles. The lowest BCUT2D eigenvalue weighted by atomic mass is 10.2. The first-order chi connectivity index (χ1) is 7.22. The SMILES string of the molecule is N#CC(C(=O)O)c1nc2ccccc2[nH]1. The molecule has 5 heteroatoms. The highest BCUT2D eigenvalue weighted by Gasteiger charge is 2.22. The van der Waals surface area contributed by atoms with E-state index in [2.05, 4.69) is 9.97 Å². The van der Waals surface area contributed by atoms with Gasteiger partial charge in [0.15, 0.2) is 0 Å². The monoisotopic (exact) mass is 201 g/mol. The van der Waals surface area contributed by atoms with E-state index in [-0.39, 0.29) is 5.82 Å². The first-order valence-corrected chi connectivity index (χ1v) is 4.29. The van der Waals surface area contributed by atoms with Crippen LogP contribution in [0.1, 0.15) is 11.7 Å². The Bertz CT molecular complexity index is 520. The summed E-state index contributed by atoms with van der Waals surface area (Å²) in [7, 11) is 0. The van der Waals surface area contributed by atoms with E-state index in [1.165, 1.54) is 0 Å². The van der Waals surface area contributed by atoms with Crippen LogP contribution < -0.4 is 0 Å². The van der Waals surface area contributed by atoms with E-state index in [9.17, 15) is 4.79 Å². The highest BCUT2D eigenvalue weighted by atomic mass is 16.4. The van der Waals surface area contributed by atoms with Crippen LogP contribution in [0, 0.1) is 11.3 Å². The van der Waals surface area contributed by atoms with Crippen LogP contribution in [0.5, 0.6) is 0 Å². The fourth-order valence-corrected chi connectivity index (χ4v) is 1.34. The van der Waals surface area contributed by atoms with Crippen molar-refractivity contribution < 1.29 is 9.90 Å². The van der Waals surface area contributed by atoms with E-state index in [1.54, 1.807) is 24.3 Å². The number of carboxylic acid groups (broad SMARTS) is 1. The summed E-state index contributed by atoms with van der Waals surface area (Å²) in [4.78, 5) is 17.6. The van der Waals surface area contributed by atoms with Crippen molar-refractivity contribution in [3.8, 4) is 6.07 Å². The predicted molar refractivity (Wildman–Crippen MR) is 52.1 cm³/mol. The van der Waals surface area contributed by atoms with Gasteiger partial charge in [-0.15, -0.1) is 0 Å². The minimum Gasteiger partial charge on any atom is -0.480 e. The zero-order valence-electron chi connectivity index (χ0n) is 7.64. The molecule has 1 aromatic heterocycles. The molecule has 0 aliphatic carbocycles. The summed E-state index contributed by atoms with van der Waals surface area (Å²) in [6.45, 7) is 0. The largest absolute Gasteiger partial charge is 0.480 e.